The van der Waals surface area contributed by atoms with Gasteiger partial charge in [0.15, 0.2) is 0 Å². The largest absolute Gasteiger partial charge is 0.398 e. The first-order valence-corrected chi connectivity index (χ1v) is 9.93. The van der Waals surface area contributed by atoms with Gasteiger partial charge in [0.1, 0.15) is 0 Å². The highest BCUT2D eigenvalue weighted by molar-refractivity contribution is 6.05. The van der Waals surface area contributed by atoms with E-state index < -0.39 is 0 Å². The molecule has 0 radical (unpaired) electrons. The lowest BCUT2D eigenvalue weighted by atomic mass is 9.97. The van der Waals surface area contributed by atoms with E-state index in [4.69, 9.17) is 5.73 Å². The monoisotopic (exact) mass is 413 g/mol. The number of carbonyl (C=O) groups excluding carboxylic acids is 2. The number of nitrogens with two attached hydrogens (primary N) is 1. The van der Waals surface area contributed by atoms with Gasteiger partial charge in [-0.2, -0.15) is 0 Å². The van der Waals surface area contributed by atoms with Crippen molar-refractivity contribution in [2.75, 3.05) is 28.6 Å². The molecule has 4 rings (SSSR count). The fraction of sp³-hybridized carbons (Fsp3) is 0.391. The van der Waals surface area contributed by atoms with Gasteiger partial charge in [0.25, 0.3) is 0 Å². The Balaban J connectivity index is 0.00000240. The van der Waals surface area contributed by atoms with Crippen LogP contribution in [0.25, 0.3) is 0 Å². The molecule has 2 aliphatic rings. The van der Waals surface area contributed by atoms with E-state index in [0.717, 1.165) is 46.6 Å². The summed E-state index contributed by atoms with van der Waals surface area (Å²) in [5.74, 6) is -0.261. The second-order valence-electron chi connectivity index (χ2n) is 8.09. The van der Waals surface area contributed by atoms with E-state index in [1.165, 1.54) is 5.56 Å². The number of nitrogen functional groups attached to an aromatic ring is 1. The van der Waals surface area contributed by atoms with E-state index in [-0.39, 0.29) is 36.6 Å². The number of nitrogens with zero attached hydrogens (tertiary/aromatic N) is 2. The first-order chi connectivity index (χ1) is 13.4. The SMILES string of the molecule is Cc1cc(C)c(N2CC(C(=O)N3CCCc4c(N)cccc43)CC2=O)c(C)c1.Cl. The molecule has 2 aromatic rings. The summed E-state index contributed by atoms with van der Waals surface area (Å²) in [5, 5.41) is 0. The van der Waals surface area contributed by atoms with Crippen molar-refractivity contribution in [3.05, 3.63) is 52.6 Å². The zero-order chi connectivity index (χ0) is 20.0. The Bertz CT molecular complexity index is 950. The molecule has 2 N–H and O–H groups in total. The molecule has 0 spiro atoms. The number of hydrogen-bond acceptors (Lipinski definition) is 3. The number of anilines is 3. The van der Waals surface area contributed by atoms with E-state index in [0.29, 0.717) is 13.1 Å². The molecule has 5 nitrogen and oxygen atoms in total. The topological polar surface area (TPSA) is 66.6 Å². The van der Waals surface area contributed by atoms with Crippen LogP contribution < -0.4 is 15.5 Å². The number of carbonyl (C=O) groups is 2. The number of fused-ring (bicyclic) bond motifs is 1. The molecule has 2 aliphatic heterocycles. The third-order valence-corrected chi connectivity index (χ3v) is 5.93. The molecule has 1 atom stereocenters. The summed E-state index contributed by atoms with van der Waals surface area (Å²) in [4.78, 5) is 29.8. The number of amides is 2. The van der Waals surface area contributed by atoms with E-state index in [9.17, 15) is 9.59 Å². The predicted molar refractivity (Wildman–Crippen MR) is 120 cm³/mol. The van der Waals surface area contributed by atoms with Crippen molar-refractivity contribution in [2.45, 2.75) is 40.0 Å². The molecule has 0 aromatic heterocycles. The van der Waals surface area contributed by atoms with Crippen LogP contribution in [0, 0.1) is 26.7 Å². The Kier molecular flexibility index (Phi) is 5.90. The molecule has 0 aliphatic carbocycles. The molecular formula is C23H28ClN3O2. The smallest absolute Gasteiger partial charge is 0.232 e. The molecule has 0 saturated carbocycles. The molecule has 1 saturated heterocycles. The Morgan fingerprint density at radius 3 is 2.52 bits per heavy atom. The minimum Gasteiger partial charge on any atom is -0.398 e. The molecular weight excluding hydrogens is 386 g/mol. The maximum atomic E-state index is 13.3. The van der Waals surface area contributed by atoms with Gasteiger partial charge in [-0.25, -0.2) is 0 Å². The van der Waals surface area contributed by atoms with Gasteiger partial charge in [0, 0.05) is 36.6 Å². The maximum Gasteiger partial charge on any atom is 0.232 e. The summed E-state index contributed by atoms with van der Waals surface area (Å²) in [7, 11) is 0. The lowest BCUT2D eigenvalue weighted by Gasteiger charge is -2.32. The van der Waals surface area contributed by atoms with E-state index in [2.05, 4.69) is 19.1 Å². The molecule has 154 valence electrons. The summed E-state index contributed by atoms with van der Waals surface area (Å²) in [6, 6.07) is 9.93. The van der Waals surface area contributed by atoms with Crippen molar-refractivity contribution >= 4 is 41.3 Å². The summed E-state index contributed by atoms with van der Waals surface area (Å²) in [6.07, 6.45) is 2.05. The highest BCUT2D eigenvalue weighted by Crippen LogP contribution is 2.36. The molecule has 2 amide bonds. The third kappa shape index (κ3) is 3.71. The minimum atomic E-state index is -0.319. The van der Waals surface area contributed by atoms with Crippen LogP contribution in [-0.4, -0.2) is 24.9 Å². The van der Waals surface area contributed by atoms with Gasteiger partial charge in [-0.1, -0.05) is 23.8 Å². The number of benzene rings is 2. The molecule has 2 heterocycles. The van der Waals surface area contributed by atoms with Gasteiger partial charge in [0.2, 0.25) is 11.8 Å². The first kappa shape index (κ1) is 21.2. The lowest BCUT2D eigenvalue weighted by molar-refractivity contribution is -0.124. The van der Waals surface area contributed by atoms with E-state index in [1.54, 1.807) is 4.90 Å². The van der Waals surface area contributed by atoms with Crippen molar-refractivity contribution in [3.63, 3.8) is 0 Å². The zero-order valence-corrected chi connectivity index (χ0v) is 18.0. The van der Waals surface area contributed by atoms with Crippen LogP contribution in [0.2, 0.25) is 0 Å². The number of aryl methyl sites for hydroxylation is 3. The lowest BCUT2D eigenvalue weighted by Crippen LogP contribution is -2.40. The summed E-state index contributed by atoms with van der Waals surface area (Å²) >= 11 is 0. The first-order valence-electron chi connectivity index (χ1n) is 9.93. The van der Waals surface area contributed by atoms with Crippen molar-refractivity contribution in [2.24, 2.45) is 5.92 Å². The van der Waals surface area contributed by atoms with E-state index >= 15 is 0 Å². The molecule has 29 heavy (non-hydrogen) atoms. The molecule has 0 bridgehead atoms. The average Bonchev–Trinajstić information content (AvgIpc) is 3.02. The summed E-state index contributed by atoms with van der Waals surface area (Å²) in [6.45, 7) is 7.24. The van der Waals surface area contributed by atoms with Gasteiger partial charge in [-0.05, 0) is 62.4 Å². The van der Waals surface area contributed by atoms with Crippen LogP contribution in [0.4, 0.5) is 17.1 Å². The molecule has 2 aromatic carbocycles. The second-order valence-corrected chi connectivity index (χ2v) is 8.09. The van der Waals surface area contributed by atoms with Gasteiger partial charge in [-0.15, -0.1) is 12.4 Å². The Hall–Kier alpha value is -2.53. The fourth-order valence-corrected chi connectivity index (χ4v) is 4.79. The fourth-order valence-electron chi connectivity index (χ4n) is 4.79. The summed E-state index contributed by atoms with van der Waals surface area (Å²) < 4.78 is 0. The van der Waals surface area contributed by atoms with Crippen LogP contribution in [0.3, 0.4) is 0 Å². The Morgan fingerprint density at radius 1 is 1.14 bits per heavy atom. The van der Waals surface area contributed by atoms with Crippen LogP contribution in [0.1, 0.15) is 35.1 Å². The van der Waals surface area contributed by atoms with Gasteiger partial charge >= 0.3 is 0 Å². The highest BCUT2D eigenvalue weighted by Gasteiger charge is 2.39. The Morgan fingerprint density at radius 2 is 1.83 bits per heavy atom. The van der Waals surface area contributed by atoms with Gasteiger partial charge in [0.05, 0.1) is 5.92 Å². The van der Waals surface area contributed by atoms with Crippen molar-refractivity contribution in [1.29, 1.82) is 0 Å². The minimum absolute atomic E-state index is 0. The quantitative estimate of drug-likeness (QED) is 0.758. The Labute approximate surface area is 178 Å². The van der Waals surface area contributed by atoms with Crippen LogP contribution in [0.15, 0.2) is 30.3 Å². The average molecular weight is 414 g/mol. The van der Waals surface area contributed by atoms with Crippen molar-refractivity contribution < 1.29 is 9.59 Å². The van der Waals surface area contributed by atoms with E-state index in [1.807, 2.05) is 36.9 Å². The molecule has 6 heteroatoms. The number of halogens is 1. The predicted octanol–water partition coefficient (Wildman–Crippen LogP) is 3.95. The maximum absolute atomic E-state index is 13.3. The molecule has 1 fully saturated rings. The van der Waals surface area contributed by atoms with Gasteiger partial charge < -0.3 is 15.5 Å². The number of rotatable bonds is 2. The van der Waals surface area contributed by atoms with Crippen molar-refractivity contribution in [1.82, 2.24) is 0 Å². The third-order valence-electron chi connectivity index (χ3n) is 5.93. The summed E-state index contributed by atoms with van der Waals surface area (Å²) in [5.41, 5.74) is 13.1. The molecule has 1 unspecified atom stereocenters. The number of hydrogen-bond donors (Lipinski definition) is 1. The van der Waals surface area contributed by atoms with Crippen LogP contribution in [-0.2, 0) is 16.0 Å². The zero-order valence-electron chi connectivity index (χ0n) is 17.2. The van der Waals surface area contributed by atoms with Crippen molar-refractivity contribution in [3.8, 4) is 0 Å². The highest BCUT2D eigenvalue weighted by atomic mass is 35.5. The normalized spacial score (nSPS) is 18.4. The second kappa shape index (κ2) is 8.07. The van der Waals surface area contributed by atoms with Gasteiger partial charge in [-0.3, -0.25) is 9.59 Å². The van der Waals surface area contributed by atoms with Crippen LogP contribution >= 0.6 is 12.4 Å². The van der Waals surface area contributed by atoms with Crippen LogP contribution in [0.5, 0.6) is 0 Å². The standard InChI is InChI=1S/C23H27N3O2.ClH/c1-14-10-15(2)22(16(3)11-14)26-13-17(12-21(26)27)23(28)25-9-5-6-18-19(24)7-4-8-20(18)25;/h4,7-8,10-11,17H,5-6,9,12-13,24H2,1-3H3;1H.